The van der Waals surface area contributed by atoms with Gasteiger partial charge in [-0.05, 0) is 66.9 Å². The summed E-state index contributed by atoms with van der Waals surface area (Å²) in [7, 11) is -3.88. The monoisotopic (exact) mass is 468 g/mol. The molecule has 0 bridgehead atoms. The number of ether oxygens (including phenoxy) is 2. The van der Waals surface area contributed by atoms with Crippen LogP contribution in [-0.2, 0) is 21.2 Å². The number of rotatable bonds is 4. The minimum atomic E-state index is -3.88. The highest BCUT2D eigenvalue weighted by molar-refractivity contribution is 7.92. The number of sulfonamides is 1. The normalized spacial score (nSPS) is 17.2. The zero-order chi connectivity index (χ0) is 23.0. The van der Waals surface area contributed by atoms with Gasteiger partial charge in [0.05, 0.1) is 10.6 Å². The number of fused-ring (bicyclic) bond motifs is 2. The lowest BCUT2D eigenvalue weighted by Gasteiger charge is -2.31. The van der Waals surface area contributed by atoms with Crippen LogP contribution < -0.4 is 19.1 Å². The third kappa shape index (κ3) is 4.11. The number of aryl methyl sites for hydroxylation is 1. The van der Waals surface area contributed by atoms with Gasteiger partial charge < -0.3 is 14.8 Å². The molecule has 2 aliphatic heterocycles. The molecule has 33 heavy (non-hydrogen) atoms. The number of hydrogen-bond acceptors (Lipinski definition) is 5. The molecule has 5 rings (SSSR count). The van der Waals surface area contributed by atoms with Gasteiger partial charge in [0.15, 0.2) is 11.5 Å². The Morgan fingerprint density at radius 2 is 1.79 bits per heavy atom. The number of amides is 1. The molecule has 2 heterocycles. The number of benzene rings is 3. The van der Waals surface area contributed by atoms with Crippen LogP contribution in [0.5, 0.6) is 11.5 Å². The average Bonchev–Trinajstić information content (AvgIpc) is 2.83. The van der Waals surface area contributed by atoms with E-state index in [2.05, 4.69) is 5.32 Å². The molecule has 0 spiro atoms. The maximum absolute atomic E-state index is 13.3. The van der Waals surface area contributed by atoms with Crippen LogP contribution in [0.15, 0.2) is 71.6 Å². The molecule has 0 radical (unpaired) electrons. The Bertz CT molecular complexity index is 1310. The van der Waals surface area contributed by atoms with Crippen molar-refractivity contribution in [1.82, 2.24) is 0 Å². The topological polar surface area (TPSA) is 84.9 Å². The van der Waals surface area contributed by atoms with Gasteiger partial charge in [0.2, 0.25) is 6.10 Å². The van der Waals surface area contributed by atoms with Crippen LogP contribution in [0.3, 0.4) is 0 Å². The summed E-state index contributed by atoms with van der Waals surface area (Å²) < 4.78 is 52.4. The minimum absolute atomic E-state index is 0.0117. The third-order valence-corrected chi connectivity index (χ3v) is 7.46. The molecule has 0 aliphatic carbocycles. The molecular formula is C24H21FN2O5S. The first kappa shape index (κ1) is 21.3. The Morgan fingerprint density at radius 1 is 1.03 bits per heavy atom. The van der Waals surface area contributed by atoms with Gasteiger partial charge in [-0.2, -0.15) is 0 Å². The zero-order valence-corrected chi connectivity index (χ0v) is 18.3. The van der Waals surface area contributed by atoms with Crippen LogP contribution >= 0.6 is 0 Å². The van der Waals surface area contributed by atoms with Crippen molar-refractivity contribution >= 4 is 27.3 Å². The third-order valence-electron chi connectivity index (χ3n) is 5.63. The molecule has 1 atom stereocenters. The predicted octanol–water partition coefficient (Wildman–Crippen LogP) is 3.75. The first-order valence-electron chi connectivity index (χ1n) is 10.5. The number of para-hydroxylation sites is 2. The summed E-state index contributed by atoms with van der Waals surface area (Å²) in [5, 5.41) is 2.80. The quantitative estimate of drug-likeness (QED) is 0.631. The smallest absolute Gasteiger partial charge is 0.269 e. The summed E-state index contributed by atoms with van der Waals surface area (Å²) in [6.07, 6.45) is 0.538. The minimum Gasteiger partial charge on any atom is -0.485 e. The van der Waals surface area contributed by atoms with E-state index in [1.807, 2.05) is 12.1 Å². The van der Waals surface area contributed by atoms with Gasteiger partial charge in [0.25, 0.3) is 15.9 Å². The van der Waals surface area contributed by atoms with Crippen LogP contribution in [0, 0.1) is 5.82 Å². The van der Waals surface area contributed by atoms with Gasteiger partial charge in [-0.25, -0.2) is 12.8 Å². The van der Waals surface area contributed by atoms with Gasteiger partial charge in [0, 0.05) is 12.2 Å². The second-order valence-corrected chi connectivity index (χ2v) is 9.69. The molecule has 1 N–H and O–H groups in total. The van der Waals surface area contributed by atoms with E-state index in [1.54, 1.807) is 30.3 Å². The second-order valence-electron chi connectivity index (χ2n) is 7.83. The van der Waals surface area contributed by atoms with Crippen molar-refractivity contribution in [1.29, 1.82) is 0 Å². The first-order chi connectivity index (χ1) is 15.9. The van der Waals surface area contributed by atoms with Crippen molar-refractivity contribution in [2.45, 2.75) is 23.8 Å². The second kappa shape index (κ2) is 8.40. The Balaban J connectivity index is 1.38. The lowest BCUT2D eigenvalue weighted by Crippen LogP contribution is -2.40. The Hall–Kier alpha value is -3.59. The van der Waals surface area contributed by atoms with E-state index in [0.717, 1.165) is 24.1 Å². The number of carbonyl (C=O) groups is 1. The van der Waals surface area contributed by atoms with Crippen LogP contribution in [-0.4, -0.2) is 33.6 Å². The van der Waals surface area contributed by atoms with Crippen LogP contribution in [0.1, 0.15) is 12.0 Å². The van der Waals surface area contributed by atoms with Gasteiger partial charge >= 0.3 is 0 Å². The lowest BCUT2D eigenvalue weighted by atomic mass is 10.0. The molecular weight excluding hydrogens is 447 g/mol. The van der Waals surface area contributed by atoms with Crippen LogP contribution in [0.4, 0.5) is 15.8 Å². The standard InChI is InChI=1S/C24H21FN2O5S/c25-17-8-11-19(12-9-17)33(29,30)27-13-3-4-16-7-10-18(14-20(16)27)26-24(28)23-15-31-21-5-1-2-6-22(21)32-23/h1-2,5-12,14,23H,3-4,13,15H2,(H,26,28). The molecule has 1 amide bonds. The summed E-state index contributed by atoms with van der Waals surface area (Å²) in [5.74, 6) is 0.172. The molecule has 170 valence electrons. The van der Waals surface area contributed by atoms with Crippen molar-refractivity contribution in [3.05, 3.63) is 78.1 Å². The molecule has 3 aromatic rings. The number of hydrogen-bond donors (Lipinski definition) is 1. The van der Waals surface area contributed by atoms with Crippen molar-refractivity contribution in [3.63, 3.8) is 0 Å². The fraction of sp³-hybridized carbons (Fsp3) is 0.208. The fourth-order valence-corrected chi connectivity index (χ4v) is 5.51. The molecule has 0 saturated carbocycles. The molecule has 3 aromatic carbocycles. The van der Waals surface area contributed by atoms with Crippen molar-refractivity contribution < 1.29 is 27.1 Å². The molecule has 2 aliphatic rings. The summed E-state index contributed by atoms with van der Waals surface area (Å²) in [5.41, 5.74) is 1.80. The molecule has 0 aromatic heterocycles. The highest BCUT2D eigenvalue weighted by Crippen LogP contribution is 2.35. The van der Waals surface area contributed by atoms with E-state index in [9.17, 15) is 17.6 Å². The maximum Gasteiger partial charge on any atom is 0.269 e. The Morgan fingerprint density at radius 3 is 2.58 bits per heavy atom. The zero-order valence-electron chi connectivity index (χ0n) is 17.5. The fourth-order valence-electron chi connectivity index (χ4n) is 3.97. The number of halogens is 1. The first-order valence-corrected chi connectivity index (χ1v) is 12.0. The Labute approximate surface area is 190 Å². The summed E-state index contributed by atoms with van der Waals surface area (Å²) in [6, 6.07) is 17.1. The van der Waals surface area contributed by atoms with Crippen LogP contribution in [0.2, 0.25) is 0 Å². The lowest BCUT2D eigenvalue weighted by molar-refractivity contribution is -0.125. The summed E-state index contributed by atoms with van der Waals surface area (Å²) >= 11 is 0. The highest BCUT2D eigenvalue weighted by Gasteiger charge is 2.31. The summed E-state index contributed by atoms with van der Waals surface area (Å²) in [6.45, 7) is 0.360. The largest absolute Gasteiger partial charge is 0.485 e. The maximum atomic E-state index is 13.3. The SMILES string of the molecule is O=C(Nc1ccc2c(c1)N(S(=O)(=O)c1ccc(F)cc1)CCC2)C1COc2ccccc2O1. The number of nitrogens with one attached hydrogen (secondary N) is 1. The van der Waals surface area contributed by atoms with Crippen molar-refractivity contribution in [3.8, 4) is 11.5 Å². The van der Waals surface area contributed by atoms with E-state index in [-0.39, 0.29) is 11.5 Å². The Kier molecular flexibility index (Phi) is 5.41. The van der Waals surface area contributed by atoms with Gasteiger partial charge in [-0.15, -0.1) is 0 Å². The molecule has 0 saturated heterocycles. The average molecular weight is 469 g/mol. The van der Waals surface area contributed by atoms with Crippen LogP contribution in [0.25, 0.3) is 0 Å². The van der Waals surface area contributed by atoms with Gasteiger partial charge in [0.1, 0.15) is 12.4 Å². The van der Waals surface area contributed by atoms with E-state index in [1.165, 1.54) is 16.4 Å². The number of nitrogens with zero attached hydrogens (tertiary/aromatic N) is 1. The molecule has 9 heteroatoms. The highest BCUT2D eigenvalue weighted by atomic mass is 32.2. The molecule has 1 unspecified atom stereocenters. The van der Waals surface area contributed by atoms with Crippen molar-refractivity contribution in [2.75, 3.05) is 22.8 Å². The van der Waals surface area contributed by atoms with Crippen molar-refractivity contribution in [2.24, 2.45) is 0 Å². The summed E-state index contributed by atoms with van der Waals surface area (Å²) in [4.78, 5) is 12.8. The number of anilines is 2. The van der Waals surface area contributed by atoms with E-state index in [0.29, 0.717) is 35.8 Å². The molecule has 7 nitrogen and oxygen atoms in total. The van der Waals surface area contributed by atoms with E-state index < -0.39 is 27.9 Å². The van der Waals surface area contributed by atoms with Gasteiger partial charge in [-0.3, -0.25) is 9.10 Å². The van der Waals surface area contributed by atoms with E-state index in [4.69, 9.17) is 9.47 Å². The van der Waals surface area contributed by atoms with Gasteiger partial charge in [-0.1, -0.05) is 18.2 Å². The molecule has 0 fully saturated rings. The predicted molar refractivity (Wildman–Crippen MR) is 121 cm³/mol. The number of carbonyl (C=O) groups excluding carboxylic acids is 1. The van der Waals surface area contributed by atoms with E-state index >= 15 is 0 Å².